The molecule has 3 saturated heterocycles. The van der Waals surface area contributed by atoms with Crippen molar-refractivity contribution in [3.63, 3.8) is 0 Å². The molecule has 1 unspecified atom stereocenters. The van der Waals surface area contributed by atoms with E-state index in [1.807, 2.05) is 0 Å². The highest BCUT2D eigenvalue weighted by Gasteiger charge is 2.35. The molecular formula is C25H33F2N5O2. The standard InChI is InChI=1S/C25H33F2N5O2/c1-14-12-28-8-5-16(14)13-32-9-6-15(7-10-32)21-19(26)11-18-23(30-31(2)24(18)22(21)27)17-3-4-20(33)29-25(17)34/h11,14-17,28H,3-10,12-13H2,1-2H3,(H,29,33,34)/t14-,16-,17?/m0/s1. The van der Waals surface area contributed by atoms with Gasteiger partial charge in [0.05, 0.1) is 11.6 Å². The van der Waals surface area contributed by atoms with Crippen LogP contribution in [0, 0.1) is 23.5 Å². The lowest BCUT2D eigenvalue weighted by Crippen LogP contribution is -2.43. The van der Waals surface area contributed by atoms with Crippen molar-refractivity contribution in [2.45, 2.75) is 50.9 Å². The van der Waals surface area contributed by atoms with Crippen LogP contribution in [0.2, 0.25) is 0 Å². The summed E-state index contributed by atoms with van der Waals surface area (Å²) in [6.45, 7) is 7.14. The molecule has 1 aromatic carbocycles. The van der Waals surface area contributed by atoms with Gasteiger partial charge in [0.25, 0.3) is 0 Å². The maximum Gasteiger partial charge on any atom is 0.235 e. The van der Waals surface area contributed by atoms with E-state index >= 15 is 8.78 Å². The van der Waals surface area contributed by atoms with Gasteiger partial charge in [0.2, 0.25) is 11.8 Å². The number of carbonyl (C=O) groups is 2. The molecule has 5 rings (SSSR count). The third kappa shape index (κ3) is 4.24. The van der Waals surface area contributed by atoms with Gasteiger partial charge in [0.1, 0.15) is 11.3 Å². The first-order chi connectivity index (χ1) is 16.3. The number of nitrogens with one attached hydrogen (secondary N) is 2. The van der Waals surface area contributed by atoms with Gasteiger partial charge in [-0.2, -0.15) is 5.10 Å². The zero-order chi connectivity index (χ0) is 24.0. The van der Waals surface area contributed by atoms with Gasteiger partial charge in [0, 0.05) is 31.0 Å². The summed E-state index contributed by atoms with van der Waals surface area (Å²) in [4.78, 5) is 26.3. The van der Waals surface area contributed by atoms with Crippen molar-refractivity contribution >= 4 is 22.7 Å². The van der Waals surface area contributed by atoms with Gasteiger partial charge < -0.3 is 10.2 Å². The van der Waals surface area contributed by atoms with Crippen molar-refractivity contribution in [2.75, 3.05) is 32.7 Å². The number of aromatic nitrogens is 2. The Morgan fingerprint density at radius 2 is 1.91 bits per heavy atom. The zero-order valence-electron chi connectivity index (χ0n) is 19.9. The second kappa shape index (κ2) is 9.34. The Labute approximate surface area is 198 Å². The summed E-state index contributed by atoms with van der Waals surface area (Å²) in [7, 11) is 1.62. The summed E-state index contributed by atoms with van der Waals surface area (Å²) in [5, 5.41) is 10.4. The number of carbonyl (C=O) groups excluding carboxylic acids is 2. The largest absolute Gasteiger partial charge is 0.316 e. The third-order valence-corrected chi connectivity index (χ3v) is 8.11. The lowest BCUT2D eigenvalue weighted by Gasteiger charge is -2.38. The predicted octanol–water partition coefficient (Wildman–Crippen LogP) is 2.80. The van der Waals surface area contributed by atoms with Crippen molar-refractivity contribution in [3.05, 3.63) is 29.0 Å². The number of hydrogen-bond acceptors (Lipinski definition) is 5. The normalized spacial score (nSPS) is 27.4. The molecule has 3 fully saturated rings. The van der Waals surface area contributed by atoms with E-state index in [9.17, 15) is 9.59 Å². The number of nitrogens with zero attached hydrogens (tertiary/aromatic N) is 3. The van der Waals surface area contributed by atoms with Crippen LogP contribution in [0.5, 0.6) is 0 Å². The molecule has 184 valence electrons. The third-order valence-electron chi connectivity index (χ3n) is 8.11. The Morgan fingerprint density at radius 1 is 1.15 bits per heavy atom. The van der Waals surface area contributed by atoms with E-state index < -0.39 is 23.5 Å². The fraction of sp³-hybridized carbons (Fsp3) is 0.640. The van der Waals surface area contributed by atoms with Crippen molar-refractivity contribution in [1.82, 2.24) is 25.3 Å². The smallest absolute Gasteiger partial charge is 0.235 e. The summed E-state index contributed by atoms with van der Waals surface area (Å²) in [5.41, 5.74) is 0.694. The molecule has 4 heterocycles. The second-order valence-corrected chi connectivity index (χ2v) is 10.3. The van der Waals surface area contributed by atoms with Gasteiger partial charge >= 0.3 is 0 Å². The molecule has 0 radical (unpaired) electrons. The Morgan fingerprint density at radius 3 is 2.62 bits per heavy atom. The number of likely N-dealkylation sites (tertiary alicyclic amines) is 1. The molecule has 2 N–H and O–H groups in total. The quantitative estimate of drug-likeness (QED) is 0.668. The van der Waals surface area contributed by atoms with Crippen LogP contribution in [-0.4, -0.2) is 59.2 Å². The van der Waals surface area contributed by atoms with Crippen LogP contribution >= 0.6 is 0 Å². The van der Waals surface area contributed by atoms with E-state index in [4.69, 9.17) is 0 Å². The number of imide groups is 1. The Balaban J connectivity index is 1.36. The number of amides is 2. The van der Waals surface area contributed by atoms with Crippen LogP contribution in [-0.2, 0) is 16.6 Å². The molecule has 3 atom stereocenters. The van der Waals surface area contributed by atoms with Crippen LogP contribution < -0.4 is 10.6 Å². The number of halogens is 2. The predicted molar refractivity (Wildman–Crippen MR) is 124 cm³/mol. The highest BCUT2D eigenvalue weighted by Crippen LogP contribution is 2.38. The number of hydrogen-bond donors (Lipinski definition) is 2. The fourth-order valence-corrected chi connectivity index (χ4v) is 6.06. The summed E-state index contributed by atoms with van der Waals surface area (Å²) in [5.74, 6) is -1.49. The molecule has 7 nitrogen and oxygen atoms in total. The number of piperidine rings is 3. The van der Waals surface area contributed by atoms with Gasteiger partial charge in [-0.05, 0) is 75.7 Å². The van der Waals surface area contributed by atoms with Crippen LogP contribution in [0.25, 0.3) is 10.9 Å². The van der Waals surface area contributed by atoms with E-state index in [1.165, 1.54) is 17.2 Å². The summed E-state index contributed by atoms with van der Waals surface area (Å²) < 4.78 is 32.5. The van der Waals surface area contributed by atoms with Crippen molar-refractivity contribution in [2.24, 2.45) is 18.9 Å². The fourth-order valence-electron chi connectivity index (χ4n) is 6.06. The minimum absolute atomic E-state index is 0.139. The molecule has 0 aliphatic carbocycles. The van der Waals surface area contributed by atoms with Gasteiger partial charge in [-0.1, -0.05) is 6.92 Å². The number of benzene rings is 1. The molecule has 0 saturated carbocycles. The molecular weight excluding hydrogens is 440 g/mol. The van der Waals surface area contributed by atoms with E-state index in [1.54, 1.807) is 7.05 Å². The average Bonchev–Trinajstić information content (AvgIpc) is 3.12. The van der Waals surface area contributed by atoms with Crippen molar-refractivity contribution in [1.29, 1.82) is 0 Å². The first-order valence-corrected chi connectivity index (χ1v) is 12.4. The molecule has 2 aromatic rings. The Hall–Kier alpha value is -2.39. The van der Waals surface area contributed by atoms with E-state index in [-0.39, 0.29) is 35.7 Å². The van der Waals surface area contributed by atoms with Crippen molar-refractivity contribution in [3.8, 4) is 0 Å². The van der Waals surface area contributed by atoms with Gasteiger partial charge in [-0.3, -0.25) is 19.6 Å². The van der Waals surface area contributed by atoms with E-state index in [0.29, 0.717) is 22.9 Å². The zero-order valence-corrected chi connectivity index (χ0v) is 19.9. The SMILES string of the molecule is C[C@H]1CNCC[C@H]1CN1CCC(c2c(F)cc3c(C4CCC(=O)NC4=O)nn(C)c3c2F)CC1. The molecule has 2 amide bonds. The van der Waals surface area contributed by atoms with Gasteiger partial charge in [-0.15, -0.1) is 0 Å². The van der Waals surface area contributed by atoms with Crippen LogP contribution in [0.4, 0.5) is 8.78 Å². The minimum Gasteiger partial charge on any atom is -0.316 e. The molecule has 1 aromatic heterocycles. The van der Waals surface area contributed by atoms with Gasteiger partial charge in [-0.25, -0.2) is 8.78 Å². The monoisotopic (exact) mass is 473 g/mol. The Bertz CT molecular complexity index is 1110. The molecule has 0 spiro atoms. The summed E-state index contributed by atoms with van der Waals surface area (Å²) >= 11 is 0. The summed E-state index contributed by atoms with van der Waals surface area (Å²) in [6.07, 6.45) is 3.09. The Kier molecular flexibility index (Phi) is 6.41. The van der Waals surface area contributed by atoms with Crippen LogP contribution in [0.15, 0.2) is 6.07 Å². The van der Waals surface area contributed by atoms with Crippen LogP contribution in [0.1, 0.15) is 62.1 Å². The van der Waals surface area contributed by atoms with E-state index in [0.717, 1.165) is 45.6 Å². The highest BCUT2D eigenvalue weighted by molar-refractivity contribution is 6.02. The number of rotatable bonds is 4. The molecule has 3 aliphatic heterocycles. The minimum atomic E-state index is -0.688. The topological polar surface area (TPSA) is 79.3 Å². The average molecular weight is 474 g/mol. The first-order valence-electron chi connectivity index (χ1n) is 12.4. The maximum absolute atomic E-state index is 15.8. The lowest BCUT2D eigenvalue weighted by molar-refractivity contribution is -0.134. The summed E-state index contributed by atoms with van der Waals surface area (Å²) in [6, 6.07) is 1.34. The lowest BCUT2D eigenvalue weighted by atomic mass is 9.84. The second-order valence-electron chi connectivity index (χ2n) is 10.3. The molecule has 0 bridgehead atoms. The maximum atomic E-state index is 15.8. The number of aryl methyl sites for hydroxylation is 1. The molecule has 34 heavy (non-hydrogen) atoms. The van der Waals surface area contributed by atoms with Gasteiger partial charge in [0.15, 0.2) is 5.82 Å². The van der Waals surface area contributed by atoms with Crippen molar-refractivity contribution < 1.29 is 18.4 Å². The highest BCUT2D eigenvalue weighted by atomic mass is 19.1. The number of fused-ring (bicyclic) bond motifs is 1. The molecule has 3 aliphatic rings. The first kappa shape index (κ1) is 23.4. The van der Waals surface area contributed by atoms with E-state index in [2.05, 4.69) is 27.6 Å². The molecule has 9 heteroatoms. The van der Waals surface area contributed by atoms with Crippen LogP contribution in [0.3, 0.4) is 0 Å².